The molecule has 2 aromatic rings. The second-order valence-electron chi connectivity index (χ2n) is 6.46. The summed E-state index contributed by atoms with van der Waals surface area (Å²) in [7, 11) is -3.54. The summed E-state index contributed by atoms with van der Waals surface area (Å²) < 4.78 is 40.6. The van der Waals surface area contributed by atoms with E-state index in [0.717, 1.165) is 18.4 Å². The Labute approximate surface area is 143 Å². The smallest absolute Gasteiger partial charge is 0.212 e. The Morgan fingerprint density at radius 3 is 2.58 bits per heavy atom. The number of halogens is 1. The fraction of sp³-hybridized carbons (Fsp3) is 0.368. The summed E-state index contributed by atoms with van der Waals surface area (Å²) in [5, 5.41) is 0. The summed E-state index contributed by atoms with van der Waals surface area (Å²) in [6.45, 7) is 1.84. The molecule has 5 heteroatoms. The number of aryl methyl sites for hydroxylation is 2. The van der Waals surface area contributed by atoms with Crippen molar-refractivity contribution in [1.29, 1.82) is 0 Å². The number of benzene rings is 2. The average molecular weight is 347 g/mol. The molecule has 0 bridgehead atoms. The van der Waals surface area contributed by atoms with E-state index in [2.05, 4.69) is 16.9 Å². The number of sulfonamides is 1. The van der Waals surface area contributed by atoms with Crippen LogP contribution in [0.25, 0.3) is 0 Å². The zero-order chi connectivity index (χ0) is 17.2. The SMILES string of the molecule is CC(NS(=O)(=O)Cc1cccc(F)c1)c1ccc2c(c1)CCCC2. The van der Waals surface area contributed by atoms with Crippen molar-refractivity contribution < 1.29 is 12.8 Å². The molecule has 0 radical (unpaired) electrons. The topological polar surface area (TPSA) is 46.2 Å². The molecule has 1 unspecified atom stereocenters. The van der Waals surface area contributed by atoms with Crippen molar-refractivity contribution in [2.75, 3.05) is 0 Å². The van der Waals surface area contributed by atoms with E-state index in [9.17, 15) is 12.8 Å². The Balaban J connectivity index is 1.72. The van der Waals surface area contributed by atoms with Crippen molar-refractivity contribution in [2.45, 2.75) is 44.4 Å². The second kappa shape index (κ2) is 7.03. The Kier molecular flexibility index (Phi) is 5.01. The van der Waals surface area contributed by atoms with Crippen LogP contribution < -0.4 is 4.72 Å². The summed E-state index contributed by atoms with van der Waals surface area (Å²) in [6, 6.07) is 11.6. The normalized spacial score (nSPS) is 15.8. The van der Waals surface area contributed by atoms with Crippen molar-refractivity contribution >= 4 is 10.0 Å². The van der Waals surface area contributed by atoms with Gasteiger partial charge in [-0.05, 0) is 67.0 Å². The molecule has 128 valence electrons. The molecular weight excluding hydrogens is 325 g/mol. The maximum Gasteiger partial charge on any atom is 0.216 e. The van der Waals surface area contributed by atoms with E-state index in [0.29, 0.717) is 5.56 Å². The Morgan fingerprint density at radius 1 is 1.08 bits per heavy atom. The third-order valence-corrected chi connectivity index (χ3v) is 5.90. The van der Waals surface area contributed by atoms with Gasteiger partial charge in [0.15, 0.2) is 0 Å². The molecule has 1 atom stereocenters. The highest BCUT2D eigenvalue weighted by atomic mass is 32.2. The number of rotatable bonds is 5. The van der Waals surface area contributed by atoms with E-state index < -0.39 is 15.8 Å². The zero-order valence-corrected chi connectivity index (χ0v) is 14.6. The van der Waals surface area contributed by atoms with E-state index in [1.165, 1.54) is 42.2 Å². The number of fused-ring (bicyclic) bond motifs is 1. The van der Waals surface area contributed by atoms with Crippen LogP contribution in [0.4, 0.5) is 4.39 Å². The number of hydrogen-bond acceptors (Lipinski definition) is 2. The molecule has 0 fully saturated rings. The molecular formula is C19H22FNO2S. The molecule has 0 saturated heterocycles. The van der Waals surface area contributed by atoms with E-state index >= 15 is 0 Å². The van der Waals surface area contributed by atoms with Crippen LogP contribution in [0.5, 0.6) is 0 Å². The van der Waals surface area contributed by atoms with Crippen LogP contribution in [0.15, 0.2) is 42.5 Å². The van der Waals surface area contributed by atoms with Gasteiger partial charge in [-0.25, -0.2) is 17.5 Å². The molecule has 0 spiro atoms. The number of hydrogen-bond donors (Lipinski definition) is 1. The summed E-state index contributed by atoms with van der Waals surface area (Å²) in [5.41, 5.74) is 4.12. The predicted molar refractivity (Wildman–Crippen MR) is 93.7 cm³/mol. The van der Waals surface area contributed by atoms with Gasteiger partial charge in [-0.1, -0.05) is 30.3 Å². The quantitative estimate of drug-likeness (QED) is 0.892. The van der Waals surface area contributed by atoms with Gasteiger partial charge in [0.2, 0.25) is 10.0 Å². The fourth-order valence-corrected chi connectivity index (χ4v) is 4.62. The first-order valence-electron chi connectivity index (χ1n) is 8.29. The molecule has 0 amide bonds. The van der Waals surface area contributed by atoms with Gasteiger partial charge in [-0.2, -0.15) is 0 Å². The third-order valence-electron chi connectivity index (χ3n) is 4.47. The van der Waals surface area contributed by atoms with Gasteiger partial charge in [0.25, 0.3) is 0 Å². The molecule has 0 saturated carbocycles. The van der Waals surface area contributed by atoms with Crippen molar-refractivity contribution in [1.82, 2.24) is 4.72 Å². The van der Waals surface area contributed by atoms with Crippen molar-refractivity contribution in [2.24, 2.45) is 0 Å². The minimum absolute atomic E-state index is 0.222. The zero-order valence-electron chi connectivity index (χ0n) is 13.8. The van der Waals surface area contributed by atoms with E-state index in [1.807, 2.05) is 13.0 Å². The molecule has 24 heavy (non-hydrogen) atoms. The summed E-state index contributed by atoms with van der Waals surface area (Å²) in [5.74, 6) is -0.648. The predicted octanol–water partition coefficient (Wildman–Crippen LogP) is 3.89. The Hall–Kier alpha value is -1.72. The van der Waals surface area contributed by atoms with Crippen molar-refractivity contribution in [3.8, 4) is 0 Å². The lowest BCUT2D eigenvalue weighted by atomic mass is 9.89. The lowest BCUT2D eigenvalue weighted by Gasteiger charge is -2.20. The second-order valence-corrected chi connectivity index (χ2v) is 8.22. The molecule has 3 rings (SSSR count). The highest BCUT2D eigenvalue weighted by Crippen LogP contribution is 2.25. The standard InChI is InChI=1S/C19H22FNO2S/c1-14(17-10-9-16-6-2-3-7-18(16)12-17)21-24(22,23)13-15-5-4-8-19(20)11-15/h4-5,8-12,14,21H,2-3,6-7,13H2,1H3. The molecule has 1 aliphatic carbocycles. The van der Waals surface area contributed by atoms with Crippen LogP contribution in [0.1, 0.15) is 48.1 Å². The lowest BCUT2D eigenvalue weighted by molar-refractivity contribution is 0.565. The monoisotopic (exact) mass is 347 g/mol. The molecule has 0 heterocycles. The van der Waals surface area contributed by atoms with Crippen LogP contribution >= 0.6 is 0 Å². The molecule has 1 aliphatic rings. The minimum atomic E-state index is -3.54. The molecule has 2 aromatic carbocycles. The highest BCUT2D eigenvalue weighted by molar-refractivity contribution is 7.88. The maximum absolute atomic E-state index is 13.2. The first-order valence-corrected chi connectivity index (χ1v) is 9.94. The van der Waals surface area contributed by atoms with Gasteiger partial charge in [0.05, 0.1) is 5.75 Å². The molecule has 0 aliphatic heterocycles. The Morgan fingerprint density at radius 2 is 1.83 bits per heavy atom. The first kappa shape index (κ1) is 17.1. The van der Waals surface area contributed by atoms with Gasteiger partial charge in [0.1, 0.15) is 5.82 Å². The van der Waals surface area contributed by atoms with Crippen LogP contribution in [0.2, 0.25) is 0 Å². The Bertz CT molecular complexity index is 833. The van der Waals surface area contributed by atoms with Crippen LogP contribution in [-0.4, -0.2) is 8.42 Å². The van der Waals surface area contributed by atoms with Crippen LogP contribution in [-0.2, 0) is 28.6 Å². The summed E-state index contributed by atoms with van der Waals surface area (Å²) >= 11 is 0. The maximum atomic E-state index is 13.2. The summed E-state index contributed by atoms with van der Waals surface area (Å²) in [6.07, 6.45) is 4.58. The van der Waals surface area contributed by atoms with Crippen LogP contribution in [0.3, 0.4) is 0 Å². The largest absolute Gasteiger partial charge is 0.216 e. The lowest BCUT2D eigenvalue weighted by Crippen LogP contribution is -2.28. The van der Waals surface area contributed by atoms with Crippen LogP contribution in [0, 0.1) is 5.82 Å². The average Bonchev–Trinajstić information content (AvgIpc) is 2.53. The van der Waals surface area contributed by atoms with E-state index in [4.69, 9.17) is 0 Å². The van der Waals surface area contributed by atoms with E-state index in [-0.39, 0.29) is 11.8 Å². The molecule has 3 nitrogen and oxygen atoms in total. The number of nitrogens with one attached hydrogen (secondary N) is 1. The van der Waals surface area contributed by atoms with E-state index in [1.54, 1.807) is 6.07 Å². The highest BCUT2D eigenvalue weighted by Gasteiger charge is 2.18. The van der Waals surface area contributed by atoms with Gasteiger partial charge in [-0.3, -0.25) is 0 Å². The van der Waals surface area contributed by atoms with Gasteiger partial charge >= 0.3 is 0 Å². The van der Waals surface area contributed by atoms with Gasteiger partial charge in [-0.15, -0.1) is 0 Å². The minimum Gasteiger partial charge on any atom is -0.212 e. The van der Waals surface area contributed by atoms with Gasteiger partial charge < -0.3 is 0 Å². The molecule has 0 aromatic heterocycles. The fourth-order valence-electron chi connectivity index (χ4n) is 3.25. The first-order chi connectivity index (χ1) is 11.4. The third kappa shape index (κ3) is 4.22. The molecule has 1 N–H and O–H groups in total. The van der Waals surface area contributed by atoms with Crippen molar-refractivity contribution in [3.05, 3.63) is 70.5 Å². The van der Waals surface area contributed by atoms with Crippen molar-refractivity contribution in [3.63, 3.8) is 0 Å². The summed E-state index contributed by atoms with van der Waals surface area (Å²) in [4.78, 5) is 0. The van der Waals surface area contributed by atoms with Gasteiger partial charge in [0, 0.05) is 6.04 Å².